The molecule has 0 aromatic carbocycles. The van der Waals surface area contributed by atoms with Crippen molar-refractivity contribution in [3.63, 3.8) is 0 Å². The van der Waals surface area contributed by atoms with Gasteiger partial charge in [-0.2, -0.15) is 0 Å². The van der Waals surface area contributed by atoms with Gasteiger partial charge in [0.2, 0.25) is 5.91 Å². The van der Waals surface area contributed by atoms with E-state index >= 15 is 0 Å². The zero-order valence-corrected chi connectivity index (χ0v) is 20.5. The molecule has 2 aromatic rings. The van der Waals surface area contributed by atoms with Gasteiger partial charge in [-0.1, -0.05) is 6.07 Å². The highest BCUT2D eigenvalue weighted by atomic mass is 32.1. The summed E-state index contributed by atoms with van der Waals surface area (Å²) in [5.41, 5.74) is 0.843. The van der Waals surface area contributed by atoms with Crippen molar-refractivity contribution in [3.8, 4) is 11.4 Å². The fourth-order valence-electron chi connectivity index (χ4n) is 3.94. The third-order valence-electron chi connectivity index (χ3n) is 5.43. The molecule has 3 atom stereocenters. The molecule has 0 bridgehead atoms. The van der Waals surface area contributed by atoms with Crippen molar-refractivity contribution in [2.45, 2.75) is 64.9 Å². The third kappa shape index (κ3) is 5.62. The summed E-state index contributed by atoms with van der Waals surface area (Å²) in [6.07, 6.45) is 0.420. The van der Waals surface area contributed by atoms with E-state index in [4.69, 9.17) is 14.5 Å². The standard InChI is InChI=1S/C23H31N5O4S/c1-14-11-27(12-15(2)31-14)19-8-6-7-16(24-19)17-13-33-21(25-17)26-20(29)18-9-10-28(18)22(30)32-23(3,4)5/h6-8,13-15,18H,9-12H2,1-5H3,(H,25,26,29)/t14-,15+,18-/m0/s1. The number of hydrogen-bond donors (Lipinski definition) is 1. The van der Waals surface area contributed by atoms with Crippen molar-refractivity contribution in [3.05, 3.63) is 23.6 Å². The van der Waals surface area contributed by atoms with Gasteiger partial charge >= 0.3 is 6.09 Å². The zero-order valence-electron chi connectivity index (χ0n) is 19.7. The predicted octanol–water partition coefficient (Wildman–Crippen LogP) is 3.77. The molecule has 4 heterocycles. The maximum Gasteiger partial charge on any atom is 0.410 e. The van der Waals surface area contributed by atoms with Crippen LogP contribution in [0, 0.1) is 0 Å². The van der Waals surface area contributed by atoms with E-state index in [1.807, 2.05) is 23.6 Å². The van der Waals surface area contributed by atoms with Crippen LogP contribution >= 0.6 is 11.3 Å². The number of hydrogen-bond acceptors (Lipinski definition) is 8. The van der Waals surface area contributed by atoms with Crippen LogP contribution in [-0.4, -0.2) is 70.4 Å². The van der Waals surface area contributed by atoms with Crippen LogP contribution < -0.4 is 10.2 Å². The molecule has 2 fully saturated rings. The maximum absolute atomic E-state index is 12.7. The molecule has 2 aromatic heterocycles. The first-order valence-corrected chi connectivity index (χ1v) is 12.1. The summed E-state index contributed by atoms with van der Waals surface area (Å²) in [6, 6.07) is 5.32. The van der Waals surface area contributed by atoms with Crippen molar-refractivity contribution >= 4 is 34.3 Å². The summed E-state index contributed by atoms with van der Waals surface area (Å²) in [4.78, 5) is 38.0. The molecular weight excluding hydrogens is 442 g/mol. The lowest BCUT2D eigenvalue weighted by molar-refractivity contribution is -0.125. The lowest BCUT2D eigenvalue weighted by Crippen LogP contribution is -2.57. The predicted molar refractivity (Wildman–Crippen MR) is 128 cm³/mol. The smallest absolute Gasteiger partial charge is 0.410 e. The number of likely N-dealkylation sites (tertiary alicyclic amines) is 1. The van der Waals surface area contributed by atoms with E-state index in [0.717, 1.165) is 24.6 Å². The van der Waals surface area contributed by atoms with Crippen LogP contribution in [0.15, 0.2) is 23.6 Å². The van der Waals surface area contributed by atoms with Gasteiger partial charge in [0.05, 0.1) is 17.9 Å². The van der Waals surface area contributed by atoms with Gasteiger partial charge in [0.25, 0.3) is 0 Å². The maximum atomic E-state index is 12.7. The van der Waals surface area contributed by atoms with Crippen LogP contribution in [0.2, 0.25) is 0 Å². The summed E-state index contributed by atoms with van der Waals surface area (Å²) in [7, 11) is 0. The summed E-state index contributed by atoms with van der Waals surface area (Å²) in [6.45, 7) is 11.6. The van der Waals surface area contributed by atoms with E-state index in [1.165, 1.54) is 16.2 Å². The van der Waals surface area contributed by atoms with Gasteiger partial charge in [-0.3, -0.25) is 9.69 Å². The van der Waals surface area contributed by atoms with Crippen LogP contribution in [0.4, 0.5) is 15.7 Å². The Kier molecular flexibility index (Phi) is 6.58. The van der Waals surface area contributed by atoms with Crippen molar-refractivity contribution in [2.24, 2.45) is 0 Å². The average Bonchev–Trinajstić information content (AvgIpc) is 3.13. The highest BCUT2D eigenvalue weighted by molar-refractivity contribution is 7.14. The molecule has 1 N–H and O–H groups in total. The fourth-order valence-corrected chi connectivity index (χ4v) is 4.65. The third-order valence-corrected chi connectivity index (χ3v) is 6.18. The number of ether oxygens (including phenoxy) is 2. The minimum absolute atomic E-state index is 0.145. The lowest BCUT2D eigenvalue weighted by atomic mass is 10.0. The van der Waals surface area contributed by atoms with Gasteiger partial charge in [-0.05, 0) is 53.2 Å². The Morgan fingerprint density at radius 1 is 1.15 bits per heavy atom. The molecule has 0 radical (unpaired) electrons. The lowest BCUT2D eigenvalue weighted by Gasteiger charge is -2.39. The molecule has 2 saturated heterocycles. The van der Waals surface area contributed by atoms with E-state index < -0.39 is 17.7 Å². The van der Waals surface area contributed by atoms with Crippen LogP contribution in [0.25, 0.3) is 11.4 Å². The van der Waals surface area contributed by atoms with Crippen LogP contribution in [-0.2, 0) is 14.3 Å². The number of amides is 2. The first kappa shape index (κ1) is 23.4. The van der Waals surface area contributed by atoms with Gasteiger partial charge < -0.3 is 19.7 Å². The normalized spacial score (nSPS) is 23.1. The molecule has 178 valence electrons. The Bertz CT molecular complexity index is 1010. The summed E-state index contributed by atoms with van der Waals surface area (Å²) in [5.74, 6) is 0.626. The first-order valence-electron chi connectivity index (χ1n) is 11.2. The zero-order chi connectivity index (χ0) is 23.8. The Morgan fingerprint density at radius 3 is 2.52 bits per heavy atom. The SMILES string of the molecule is C[C@@H]1CN(c2cccc(-c3csc(NC(=O)[C@@H]4CCN4C(=O)OC(C)(C)C)n3)n2)C[C@H](C)O1. The van der Waals surface area contributed by atoms with E-state index in [-0.39, 0.29) is 18.1 Å². The van der Waals surface area contributed by atoms with Gasteiger partial charge in [0.1, 0.15) is 23.2 Å². The topological polar surface area (TPSA) is 96.9 Å². The average molecular weight is 474 g/mol. The number of morpholine rings is 1. The molecule has 9 nitrogen and oxygen atoms in total. The van der Waals surface area contributed by atoms with Crippen molar-refractivity contribution in [1.82, 2.24) is 14.9 Å². The number of anilines is 2. The highest BCUT2D eigenvalue weighted by Gasteiger charge is 2.40. The largest absolute Gasteiger partial charge is 0.444 e. The molecule has 0 unspecified atom stereocenters. The minimum atomic E-state index is -0.600. The molecular formula is C23H31N5O4S. The van der Waals surface area contributed by atoms with Crippen molar-refractivity contribution in [1.29, 1.82) is 0 Å². The Balaban J connectivity index is 1.40. The van der Waals surface area contributed by atoms with Gasteiger partial charge in [0, 0.05) is 25.0 Å². The van der Waals surface area contributed by atoms with Crippen LogP contribution in [0.5, 0.6) is 0 Å². The fraction of sp³-hybridized carbons (Fsp3) is 0.565. The van der Waals surface area contributed by atoms with Gasteiger partial charge in [0.15, 0.2) is 5.13 Å². The second-order valence-electron chi connectivity index (χ2n) is 9.55. The number of rotatable bonds is 4. The molecule has 4 rings (SSSR count). The van der Waals surface area contributed by atoms with Crippen LogP contribution in [0.1, 0.15) is 41.0 Å². The molecule has 2 aliphatic heterocycles. The number of pyridine rings is 1. The van der Waals surface area contributed by atoms with E-state index in [9.17, 15) is 9.59 Å². The molecule has 10 heteroatoms. The molecule has 0 spiro atoms. The second-order valence-corrected chi connectivity index (χ2v) is 10.4. The number of thiazole rings is 1. The molecule has 0 aliphatic carbocycles. The monoisotopic (exact) mass is 473 g/mol. The number of carbonyl (C=O) groups excluding carboxylic acids is 2. The van der Waals surface area contributed by atoms with Crippen molar-refractivity contribution < 1.29 is 19.1 Å². The Labute approximate surface area is 198 Å². The van der Waals surface area contributed by atoms with E-state index in [2.05, 4.69) is 29.0 Å². The van der Waals surface area contributed by atoms with Gasteiger partial charge in [-0.15, -0.1) is 11.3 Å². The van der Waals surface area contributed by atoms with E-state index in [1.54, 1.807) is 20.8 Å². The summed E-state index contributed by atoms with van der Waals surface area (Å²) < 4.78 is 11.2. The Morgan fingerprint density at radius 2 is 1.88 bits per heavy atom. The molecule has 2 aliphatic rings. The van der Waals surface area contributed by atoms with E-state index in [0.29, 0.717) is 23.8 Å². The number of nitrogens with zero attached hydrogens (tertiary/aromatic N) is 4. The quantitative estimate of drug-likeness (QED) is 0.722. The number of carbonyl (C=O) groups is 2. The first-order chi connectivity index (χ1) is 15.6. The number of nitrogens with one attached hydrogen (secondary N) is 1. The van der Waals surface area contributed by atoms with Gasteiger partial charge in [-0.25, -0.2) is 14.8 Å². The van der Waals surface area contributed by atoms with Crippen LogP contribution in [0.3, 0.4) is 0 Å². The molecule has 2 amide bonds. The van der Waals surface area contributed by atoms with Crippen molar-refractivity contribution in [2.75, 3.05) is 29.9 Å². The minimum Gasteiger partial charge on any atom is -0.444 e. The summed E-state index contributed by atoms with van der Waals surface area (Å²) in [5, 5.41) is 5.19. The highest BCUT2D eigenvalue weighted by Crippen LogP contribution is 2.28. The number of aromatic nitrogens is 2. The Hall–Kier alpha value is -2.72. The second kappa shape index (κ2) is 9.26. The summed E-state index contributed by atoms with van der Waals surface area (Å²) >= 11 is 1.34. The molecule has 0 saturated carbocycles. The molecule has 33 heavy (non-hydrogen) atoms.